The molecule has 0 saturated heterocycles. The van der Waals surface area contributed by atoms with E-state index in [1.807, 2.05) is 39.8 Å². The Morgan fingerprint density at radius 2 is 1.79 bits per heavy atom. The number of carbonyl (C=O) groups is 2. The van der Waals surface area contributed by atoms with Crippen molar-refractivity contribution < 1.29 is 14.0 Å². The molecule has 0 radical (unpaired) electrons. The second-order valence-electron chi connectivity index (χ2n) is 7.89. The highest BCUT2D eigenvalue weighted by Gasteiger charge is 2.37. The van der Waals surface area contributed by atoms with Crippen LogP contribution in [0.15, 0.2) is 46.2 Å². The van der Waals surface area contributed by atoms with Gasteiger partial charge in [0, 0.05) is 16.6 Å². The molecule has 2 heterocycles. The summed E-state index contributed by atoms with van der Waals surface area (Å²) in [6.45, 7) is 9.41. The number of rotatable bonds is 5. The zero-order valence-corrected chi connectivity index (χ0v) is 17.9. The van der Waals surface area contributed by atoms with E-state index in [2.05, 4.69) is 14.9 Å². The van der Waals surface area contributed by atoms with Gasteiger partial charge in [-0.2, -0.15) is 0 Å². The normalized spacial score (nSPS) is 12.4. The monoisotopic (exact) mass is 412 g/mol. The number of nitrogens with one attached hydrogen (secondary N) is 1. The highest BCUT2D eigenvalue weighted by molar-refractivity contribution is 7.03. The second-order valence-corrected chi connectivity index (χ2v) is 8.50. The number of carbonyl (C=O) groups excluding carboxylic acids is 2. The molecule has 0 aliphatic carbocycles. The highest BCUT2D eigenvalue weighted by Crippen LogP contribution is 2.31. The van der Waals surface area contributed by atoms with Crippen molar-refractivity contribution in [2.45, 2.75) is 46.2 Å². The van der Waals surface area contributed by atoms with Crippen LogP contribution in [-0.2, 0) is 4.79 Å². The highest BCUT2D eigenvalue weighted by atomic mass is 32.1. The number of amides is 2. The fourth-order valence-corrected chi connectivity index (χ4v) is 3.31. The maximum absolute atomic E-state index is 13.4. The lowest BCUT2D eigenvalue weighted by Crippen LogP contribution is -2.49. The fourth-order valence-electron chi connectivity index (χ4n) is 2.88. The minimum absolute atomic E-state index is 0.174. The van der Waals surface area contributed by atoms with Gasteiger partial charge in [-0.1, -0.05) is 22.2 Å². The molecule has 2 aromatic heterocycles. The molecule has 152 valence electrons. The van der Waals surface area contributed by atoms with E-state index in [1.165, 1.54) is 4.90 Å². The summed E-state index contributed by atoms with van der Waals surface area (Å²) in [6.07, 6.45) is 0. The quantitative estimate of drug-likeness (QED) is 0.683. The summed E-state index contributed by atoms with van der Waals surface area (Å²) >= 11 is 1.08. The number of anilines is 1. The van der Waals surface area contributed by atoms with Crippen LogP contribution < -0.4 is 10.2 Å². The molecule has 0 aliphatic rings. The number of hydrogen-bond acceptors (Lipinski definition) is 6. The maximum Gasteiger partial charge on any atom is 0.280 e. The van der Waals surface area contributed by atoms with Crippen molar-refractivity contribution in [1.82, 2.24) is 14.9 Å². The Bertz CT molecular complexity index is 988. The Balaban J connectivity index is 2.14. The molecule has 29 heavy (non-hydrogen) atoms. The molecule has 8 heteroatoms. The summed E-state index contributed by atoms with van der Waals surface area (Å²) in [7, 11) is 0. The predicted octanol–water partition coefficient (Wildman–Crippen LogP) is 4.05. The van der Waals surface area contributed by atoms with Crippen molar-refractivity contribution in [2.75, 3.05) is 4.90 Å². The lowest BCUT2D eigenvalue weighted by Gasteiger charge is -2.32. The summed E-state index contributed by atoms with van der Waals surface area (Å²) in [4.78, 5) is 28.1. The molecule has 3 aromatic rings. The smallest absolute Gasteiger partial charge is 0.280 e. The number of aromatic nitrogens is 2. The van der Waals surface area contributed by atoms with Gasteiger partial charge in [-0.25, -0.2) is 0 Å². The van der Waals surface area contributed by atoms with Crippen LogP contribution in [0.2, 0.25) is 0 Å². The van der Waals surface area contributed by atoms with E-state index in [0.29, 0.717) is 17.2 Å². The minimum atomic E-state index is -1.00. The lowest BCUT2D eigenvalue weighted by atomic mass is 10.0. The van der Waals surface area contributed by atoms with E-state index in [1.54, 1.807) is 36.6 Å². The van der Waals surface area contributed by atoms with Crippen molar-refractivity contribution >= 4 is 29.0 Å². The molecule has 7 nitrogen and oxygen atoms in total. The molecule has 0 saturated carbocycles. The standard InChI is InChI=1S/C21H24N4O3S/c1-13-6-9-15(10-7-13)25(20(27)16-12-29-24-23-16)18(17-11-8-14(2)28-17)19(26)22-21(3,4)5/h6-12,18H,1-5H3,(H,22,26). The Hall–Kier alpha value is -3.00. The van der Waals surface area contributed by atoms with Gasteiger partial charge in [0.05, 0.1) is 0 Å². The third kappa shape index (κ3) is 4.89. The van der Waals surface area contributed by atoms with E-state index in [-0.39, 0.29) is 11.6 Å². The Labute approximate surface area is 173 Å². The summed E-state index contributed by atoms with van der Waals surface area (Å²) in [5, 5.41) is 8.44. The zero-order chi connectivity index (χ0) is 21.2. The van der Waals surface area contributed by atoms with Crippen molar-refractivity contribution in [1.29, 1.82) is 0 Å². The molecule has 2 amide bonds. The summed E-state index contributed by atoms with van der Waals surface area (Å²) in [5.74, 6) is 0.260. The van der Waals surface area contributed by atoms with Gasteiger partial charge in [0.1, 0.15) is 11.5 Å². The van der Waals surface area contributed by atoms with E-state index < -0.39 is 17.5 Å². The molecule has 1 N–H and O–H groups in total. The van der Waals surface area contributed by atoms with Crippen LogP contribution in [0.1, 0.15) is 54.4 Å². The molecule has 1 aromatic carbocycles. The maximum atomic E-state index is 13.4. The molecule has 0 spiro atoms. The van der Waals surface area contributed by atoms with Gasteiger partial charge in [0.2, 0.25) is 0 Å². The first-order valence-electron chi connectivity index (χ1n) is 9.21. The lowest BCUT2D eigenvalue weighted by molar-refractivity contribution is -0.124. The van der Waals surface area contributed by atoms with Gasteiger partial charge >= 0.3 is 0 Å². The first-order chi connectivity index (χ1) is 13.7. The fraction of sp³-hybridized carbons (Fsp3) is 0.333. The van der Waals surface area contributed by atoms with Gasteiger partial charge in [-0.05, 0) is 70.4 Å². The molecular weight excluding hydrogens is 388 g/mol. The van der Waals surface area contributed by atoms with Gasteiger partial charge < -0.3 is 9.73 Å². The van der Waals surface area contributed by atoms with Gasteiger partial charge in [-0.3, -0.25) is 14.5 Å². The van der Waals surface area contributed by atoms with Crippen molar-refractivity contribution in [3.63, 3.8) is 0 Å². The van der Waals surface area contributed by atoms with Gasteiger partial charge in [0.25, 0.3) is 11.8 Å². The van der Waals surface area contributed by atoms with E-state index in [4.69, 9.17) is 4.42 Å². The summed E-state index contributed by atoms with van der Waals surface area (Å²) < 4.78 is 9.58. The average Bonchev–Trinajstić information content (AvgIpc) is 3.30. The summed E-state index contributed by atoms with van der Waals surface area (Å²) in [6, 6.07) is 9.88. The molecule has 0 fully saturated rings. The van der Waals surface area contributed by atoms with Crippen LogP contribution in [0, 0.1) is 13.8 Å². The molecule has 0 bridgehead atoms. The third-order valence-corrected chi connectivity index (χ3v) is 4.65. The average molecular weight is 413 g/mol. The number of aryl methyl sites for hydroxylation is 2. The Morgan fingerprint density at radius 3 is 2.31 bits per heavy atom. The van der Waals surface area contributed by atoms with Crippen molar-refractivity contribution in [3.05, 3.63) is 64.6 Å². The van der Waals surface area contributed by atoms with Crippen LogP contribution >= 0.6 is 11.5 Å². The van der Waals surface area contributed by atoms with Crippen LogP contribution in [0.25, 0.3) is 0 Å². The number of furan rings is 1. The van der Waals surface area contributed by atoms with Crippen molar-refractivity contribution in [3.8, 4) is 0 Å². The number of benzene rings is 1. The van der Waals surface area contributed by atoms with Crippen molar-refractivity contribution in [2.24, 2.45) is 0 Å². The van der Waals surface area contributed by atoms with E-state index >= 15 is 0 Å². The Kier molecular flexibility index (Phi) is 5.83. The third-order valence-electron chi connectivity index (χ3n) is 4.15. The van der Waals surface area contributed by atoms with Crippen LogP contribution in [0.5, 0.6) is 0 Å². The number of hydrogen-bond donors (Lipinski definition) is 1. The van der Waals surface area contributed by atoms with E-state index in [0.717, 1.165) is 17.1 Å². The van der Waals surface area contributed by atoms with Crippen LogP contribution in [0.4, 0.5) is 5.69 Å². The second kappa shape index (κ2) is 8.16. The largest absolute Gasteiger partial charge is 0.464 e. The van der Waals surface area contributed by atoms with Crippen LogP contribution in [0.3, 0.4) is 0 Å². The SMILES string of the molecule is Cc1ccc(N(C(=O)c2csnn2)C(C(=O)NC(C)(C)C)c2ccc(C)o2)cc1. The molecular formula is C21H24N4O3S. The minimum Gasteiger partial charge on any atom is -0.464 e. The first-order valence-corrected chi connectivity index (χ1v) is 10.0. The van der Waals surface area contributed by atoms with E-state index in [9.17, 15) is 9.59 Å². The van der Waals surface area contributed by atoms with Gasteiger partial charge in [0.15, 0.2) is 11.7 Å². The summed E-state index contributed by atoms with van der Waals surface area (Å²) in [5.41, 5.74) is 1.30. The predicted molar refractivity (Wildman–Crippen MR) is 112 cm³/mol. The zero-order valence-electron chi connectivity index (χ0n) is 17.1. The molecule has 1 unspecified atom stereocenters. The van der Waals surface area contributed by atoms with Crippen LogP contribution in [-0.4, -0.2) is 26.9 Å². The molecule has 3 rings (SSSR count). The van der Waals surface area contributed by atoms with Gasteiger partial charge in [-0.15, -0.1) is 5.10 Å². The molecule has 1 atom stereocenters. The first kappa shape index (κ1) is 20.7. The topological polar surface area (TPSA) is 88.3 Å². The Morgan fingerprint density at radius 1 is 1.10 bits per heavy atom. The molecule has 0 aliphatic heterocycles. The number of nitrogens with zero attached hydrogens (tertiary/aromatic N) is 3.